The Labute approximate surface area is 112 Å². The average molecular weight is 265 g/mol. The lowest BCUT2D eigenvalue weighted by atomic mass is 10.1. The maximum Gasteiger partial charge on any atom is 0.256 e. The van der Waals surface area contributed by atoms with Crippen LogP contribution in [0, 0.1) is 0 Å². The van der Waals surface area contributed by atoms with E-state index in [1.54, 1.807) is 39.3 Å². The number of nitrogens with two attached hydrogens (primary N) is 1. The molecule has 0 bridgehead atoms. The van der Waals surface area contributed by atoms with Crippen LogP contribution in [0.3, 0.4) is 0 Å². The third-order valence-corrected chi connectivity index (χ3v) is 2.71. The molecule has 0 aliphatic rings. The first-order chi connectivity index (χ1) is 8.86. The Hall–Kier alpha value is -2.24. The number of nitrogens with zero attached hydrogens (tertiary/aromatic N) is 2. The van der Waals surface area contributed by atoms with Gasteiger partial charge in [-0.25, -0.2) is 0 Å². The van der Waals surface area contributed by atoms with Crippen molar-refractivity contribution in [1.82, 2.24) is 9.80 Å². The van der Waals surface area contributed by atoms with Crippen LogP contribution in [-0.2, 0) is 4.79 Å². The van der Waals surface area contributed by atoms with Crippen molar-refractivity contribution in [3.05, 3.63) is 23.8 Å². The number of likely N-dealkylation sites (N-methyl/N-ethyl adjacent to an activating group) is 2. The van der Waals surface area contributed by atoms with Gasteiger partial charge in [0.15, 0.2) is 0 Å². The second kappa shape index (κ2) is 6.08. The fourth-order valence-electron chi connectivity index (χ4n) is 1.48. The van der Waals surface area contributed by atoms with Crippen LogP contribution >= 0.6 is 0 Å². The van der Waals surface area contributed by atoms with E-state index in [2.05, 4.69) is 0 Å². The van der Waals surface area contributed by atoms with Crippen molar-refractivity contribution in [2.24, 2.45) is 0 Å². The minimum absolute atomic E-state index is 0.0112. The Bertz CT molecular complexity index is 486. The average Bonchev–Trinajstić information content (AvgIpc) is 2.37. The molecule has 2 amide bonds. The number of anilines is 1. The first kappa shape index (κ1) is 14.8. The number of ether oxygens (including phenoxy) is 1. The predicted octanol–water partition coefficient (Wildman–Crippen LogP) is 0.438. The second-order valence-corrected chi connectivity index (χ2v) is 4.40. The molecule has 0 unspecified atom stereocenters. The molecular weight excluding hydrogens is 246 g/mol. The van der Waals surface area contributed by atoms with Crippen LogP contribution in [0.1, 0.15) is 10.4 Å². The third kappa shape index (κ3) is 3.61. The third-order valence-electron chi connectivity index (χ3n) is 2.71. The van der Waals surface area contributed by atoms with E-state index in [4.69, 9.17) is 10.5 Å². The number of carbonyl (C=O) groups excluding carboxylic acids is 2. The largest absolute Gasteiger partial charge is 0.497 e. The Morgan fingerprint density at radius 3 is 2.37 bits per heavy atom. The zero-order chi connectivity index (χ0) is 14.6. The Balaban J connectivity index is 2.85. The number of nitrogen functional groups attached to an aromatic ring is 1. The molecule has 0 radical (unpaired) electrons. The van der Waals surface area contributed by atoms with E-state index in [1.807, 2.05) is 0 Å². The summed E-state index contributed by atoms with van der Waals surface area (Å²) in [5.74, 6) is 0.138. The maximum absolute atomic E-state index is 12.2. The van der Waals surface area contributed by atoms with Gasteiger partial charge < -0.3 is 20.3 Å². The van der Waals surface area contributed by atoms with Crippen LogP contribution in [0.2, 0.25) is 0 Å². The van der Waals surface area contributed by atoms with Gasteiger partial charge in [-0.05, 0) is 12.1 Å². The summed E-state index contributed by atoms with van der Waals surface area (Å²) in [4.78, 5) is 26.5. The molecule has 0 aliphatic heterocycles. The molecule has 1 rings (SSSR count). The molecule has 2 N–H and O–H groups in total. The molecule has 0 aliphatic carbocycles. The van der Waals surface area contributed by atoms with E-state index in [0.29, 0.717) is 17.0 Å². The number of carbonyl (C=O) groups is 2. The number of methoxy groups -OCH3 is 1. The summed E-state index contributed by atoms with van der Waals surface area (Å²) in [5, 5.41) is 0. The number of amides is 2. The minimum Gasteiger partial charge on any atom is -0.497 e. The SMILES string of the molecule is COc1ccc(C(=O)N(C)CC(=O)N(C)C)c(N)c1. The molecule has 19 heavy (non-hydrogen) atoms. The normalized spacial score (nSPS) is 9.89. The Morgan fingerprint density at radius 2 is 1.89 bits per heavy atom. The highest BCUT2D eigenvalue weighted by atomic mass is 16.5. The van der Waals surface area contributed by atoms with Gasteiger partial charge >= 0.3 is 0 Å². The quantitative estimate of drug-likeness (QED) is 0.801. The van der Waals surface area contributed by atoms with Crippen molar-refractivity contribution in [1.29, 1.82) is 0 Å². The lowest BCUT2D eigenvalue weighted by molar-refractivity contribution is -0.129. The van der Waals surface area contributed by atoms with Crippen molar-refractivity contribution in [3.8, 4) is 5.75 Å². The lowest BCUT2D eigenvalue weighted by Crippen LogP contribution is -2.38. The minimum atomic E-state index is -0.296. The van der Waals surface area contributed by atoms with E-state index >= 15 is 0 Å². The van der Waals surface area contributed by atoms with Crippen molar-refractivity contribution < 1.29 is 14.3 Å². The number of benzene rings is 1. The van der Waals surface area contributed by atoms with Crippen molar-refractivity contribution in [2.75, 3.05) is 40.5 Å². The molecule has 0 spiro atoms. The van der Waals surface area contributed by atoms with Gasteiger partial charge in [0, 0.05) is 32.9 Å². The summed E-state index contributed by atoms with van der Waals surface area (Å²) in [5.41, 5.74) is 6.49. The molecule has 6 nitrogen and oxygen atoms in total. The van der Waals surface area contributed by atoms with E-state index in [1.165, 1.54) is 16.9 Å². The van der Waals surface area contributed by atoms with Crippen molar-refractivity contribution >= 4 is 17.5 Å². The summed E-state index contributed by atoms with van der Waals surface area (Å²) in [6, 6.07) is 4.83. The summed E-state index contributed by atoms with van der Waals surface area (Å²) < 4.78 is 5.02. The number of hydrogen-bond donors (Lipinski definition) is 1. The van der Waals surface area contributed by atoms with E-state index in [-0.39, 0.29) is 18.4 Å². The predicted molar refractivity (Wildman–Crippen MR) is 73.1 cm³/mol. The molecule has 1 aromatic carbocycles. The summed E-state index contributed by atoms with van der Waals surface area (Å²) in [6.45, 7) is 0.0112. The van der Waals surface area contributed by atoms with Gasteiger partial charge in [0.1, 0.15) is 5.75 Å². The van der Waals surface area contributed by atoms with Gasteiger partial charge in [0.2, 0.25) is 5.91 Å². The standard InChI is InChI=1S/C13H19N3O3/c1-15(2)12(17)8-16(3)13(18)10-6-5-9(19-4)7-11(10)14/h5-7H,8,14H2,1-4H3. The number of rotatable bonds is 4. The monoisotopic (exact) mass is 265 g/mol. The van der Waals surface area contributed by atoms with Gasteiger partial charge in [-0.2, -0.15) is 0 Å². The van der Waals surface area contributed by atoms with E-state index in [0.717, 1.165) is 0 Å². The van der Waals surface area contributed by atoms with Crippen molar-refractivity contribution in [2.45, 2.75) is 0 Å². The fraction of sp³-hybridized carbons (Fsp3) is 0.385. The van der Waals surface area contributed by atoms with Crippen molar-refractivity contribution in [3.63, 3.8) is 0 Å². The molecule has 6 heteroatoms. The Kier molecular flexibility index (Phi) is 4.74. The number of hydrogen-bond acceptors (Lipinski definition) is 4. The summed E-state index contributed by atoms with van der Waals surface area (Å²) in [7, 11) is 6.37. The first-order valence-corrected chi connectivity index (χ1v) is 5.76. The van der Waals surface area contributed by atoms with Gasteiger partial charge in [0.25, 0.3) is 5.91 Å². The van der Waals surface area contributed by atoms with Gasteiger partial charge in [0.05, 0.1) is 19.2 Å². The second-order valence-electron chi connectivity index (χ2n) is 4.40. The molecule has 0 atom stereocenters. The van der Waals surface area contributed by atoms with Crippen LogP contribution in [0.5, 0.6) is 5.75 Å². The van der Waals surface area contributed by atoms with Gasteiger partial charge in [-0.3, -0.25) is 9.59 Å². The summed E-state index contributed by atoms with van der Waals surface area (Å²) >= 11 is 0. The highest BCUT2D eigenvalue weighted by Gasteiger charge is 2.18. The molecule has 0 saturated carbocycles. The highest BCUT2D eigenvalue weighted by molar-refractivity contribution is 6.00. The van der Waals surface area contributed by atoms with Crippen LogP contribution in [0.4, 0.5) is 5.69 Å². The van der Waals surface area contributed by atoms with Gasteiger partial charge in [-0.1, -0.05) is 0 Å². The van der Waals surface area contributed by atoms with Crippen LogP contribution < -0.4 is 10.5 Å². The first-order valence-electron chi connectivity index (χ1n) is 5.76. The van der Waals surface area contributed by atoms with Crippen LogP contribution in [0.15, 0.2) is 18.2 Å². The van der Waals surface area contributed by atoms with Crippen LogP contribution in [-0.4, -0.2) is 56.4 Å². The molecule has 0 fully saturated rings. The fourth-order valence-corrected chi connectivity index (χ4v) is 1.48. The maximum atomic E-state index is 12.2. The topological polar surface area (TPSA) is 75.9 Å². The van der Waals surface area contributed by atoms with E-state index < -0.39 is 0 Å². The van der Waals surface area contributed by atoms with E-state index in [9.17, 15) is 9.59 Å². The molecular formula is C13H19N3O3. The Morgan fingerprint density at radius 1 is 1.26 bits per heavy atom. The molecule has 0 aromatic heterocycles. The molecule has 104 valence electrons. The zero-order valence-corrected chi connectivity index (χ0v) is 11.6. The molecule has 0 heterocycles. The van der Waals surface area contributed by atoms with Crippen LogP contribution in [0.25, 0.3) is 0 Å². The zero-order valence-electron chi connectivity index (χ0n) is 11.6. The van der Waals surface area contributed by atoms with Gasteiger partial charge in [-0.15, -0.1) is 0 Å². The molecule has 0 saturated heterocycles. The lowest BCUT2D eigenvalue weighted by Gasteiger charge is -2.20. The smallest absolute Gasteiger partial charge is 0.256 e. The summed E-state index contributed by atoms with van der Waals surface area (Å²) in [6.07, 6.45) is 0. The highest BCUT2D eigenvalue weighted by Crippen LogP contribution is 2.20. The molecule has 1 aromatic rings.